The Labute approximate surface area is 159 Å². The highest BCUT2D eigenvalue weighted by Crippen LogP contribution is 2.30. The summed E-state index contributed by atoms with van der Waals surface area (Å²) >= 11 is 7.50. The summed E-state index contributed by atoms with van der Waals surface area (Å²) in [6, 6.07) is 1.78. The molecule has 1 fully saturated rings. The standard InChI is InChI=1S/C18H18ClN3O3S/c1-24-16-6-17-20-14(11-2-4-25-5-3-11)8-22(17)7-12(16)18(23)21-15-10-26-9-13(15)19/h6-11H,2-5H2,1H3,(H,21,23). The van der Waals surface area contributed by atoms with E-state index in [9.17, 15) is 4.79 Å². The van der Waals surface area contributed by atoms with Gasteiger partial charge in [0.25, 0.3) is 5.91 Å². The number of imidazole rings is 1. The lowest BCUT2D eigenvalue weighted by Gasteiger charge is -2.19. The number of anilines is 1. The summed E-state index contributed by atoms with van der Waals surface area (Å²) in [5, 5.41) is 6.92. The van der Waals surface area contributed by atoms with E-state index < -0.39 is 0 Å². The van der Waals surface area contributed by atoms with Gasteiger partial charge in [0, 0.05) is 48.4 Å². The second kappa shape index (κ2) is 7.26. The number of nitrogens with one attached hydrogen (secondary N) is 1. The van der Waals surface area contributed by atoms with E-state index >= 15 is 0 Å². The maximum atomic E-state index is 12.7. The van der Waals surface area contributed by atoms with Crippen LogP contribution in [-0.4, -0.2) is 35.6 Å². The van der Waals surface area contributed by atoms with Crippen molar-refractivity contribution < 1.29 is 14.3 Å². The van der Waals surface area contributed by atoms with Crippen LogP contribution in [0.2, 0.25) is 5.02 Å². The number of carbonyl (C=O) groups is 1. The molecule has 1 aliphatic rings. The number of fused-ring (bicyclic) bond motifs is 1. The van der Waals surface area contributed by atoms with Crippen LogP contribution in [0.3, 0.4) is 0 Å². The van der Waals surface area contributed by atoms with Crippen LogP contribution >= 0.6 is 22.9 Å². The Bertz CT molecular complexity index is 946. The van der Waals surface area contributed by atoms with E-state index in [-0.39, 0.29) is 5.91 Å². The minimum Gasteiger partial charge on any atom is -0.496 e. The van der Waals surface area contributed by atoms with Crippen molar-refractivity contribution in [3.63, 3.8) is 0 Å². The molecule has 0 bridgehead atoms. The van der Waals surface area contributed by atoms with Gasteiger partial charge in [-0.05, 0) is 12.8 Å². The smallest absolute Gasteiger partial charge is 0.261 e. The normalized spacial score (nSPS) is 15.3. The average molecular weight is 392 g/mol. The highest BCUT2D eigenvalue weighted by atomic mass is 35.5. The molecule has 26 heavy (non-hydrogen) atoms. The van der Waals surface area contributed by atoms with Gasteiger partial charge < -0.3 is 19.2 Å². The Morgan fingerprint density at radius 3 is 2.88 bits per heavy atom. The molecule has 1 aliphatic heterocycles. The number of thiophene rings is 1. The summed E-state index contributed by atoms with van der Waals surface area (Å²) in [4.78, 5) is 17.4. The van der Waals surface area contributed by atoms with Crippen LogP contribution in [0.1, 0.15) is 34.8 Å². The predicted octanol–water partition coefficient (Wildman–Crippen LogP) is 4.20. The van der Waals surface area contributed by atoms with E-state index in [0.717, 1.165) is 37.4 Å². The van der Waals surface area contributed by atoms with Crippen molar-refractivity contribution in [2.45, 2.75) is 18.8 Å². The van der Waals surface area contributed by atoms with Gasteiger partial charge in [-0.3, -0.25) is 4.79 Å². The molecule has 3 aromatic rings. The first kappa shape index (κ1) is 17.3. The van der Waals surface area contributed by atoms with E-state index in [0.29, 0.717) is 27.9 Å². The molecule has 3 aromatic heterocycles. The Morgan fingerprint density at radius 2 is 2.19 bits per heavy atom. The zero-order valence-corrected chi connectivity index (χ0v) is 15.8. The number of nitrogens with zero attached hydrogens (tertiary/aromatic N) is 2. The summed E-state index contributed by atoms with van der Waals surface area (Å²) in [5.74, 6) is 0.590. The summed E-state index contributed by atoms with van der Waals surface area (Å²) in [6.07, 6.45) is 5.66. The van der Waals surface area contributed by atoms with Crippen molar-refractivity contribution in [2.75, 3.05) is 25.6 Å². The number of amides is 1. The zero-order chi connectivity index (χ0) is 18.1. The van der Waals surface area contributed by atoms with Gasteiger partial charge in [-0.1, -0.05) is 11.6 Å². The lowest BCUT2D eigenvalue weighted by Crippen LogP contribution is -2.14. The number of hydrogen-bond acceptors (Lipinski definition) is 5. The van der Waals surface area contributed by atoms with Gasteiger partial charge in [-0.25, -0.2) is 4.98 Å². The molecule has 0 saturated carbocycles. The summed E-state index contributed by atoms with van der Waals surface area (Å²) in [6.45, 7) is 1.52. The molecular weight excluding hydrogens is 374 g/mol. The second-order valence-electron chi connectivity index (χ2n) is 6.16. The molecule has 1 amide bonds. The highest BCUT2D eigenvalue weighted by molar-refractivity contribution is 7.09. The molecule has 8 heteroatoms. The number of methoxy groups -OCH3 is 1. The molecule has 0 spiro atoms. The van der Waals surface area contributed by atoms with Crippen molar-refractivity contribution in [1.29, 1.82) is 0 Å². The lowest BCUT2D eigenvalue weighted by molar-refractivity contribution is 0.0846. The van der Waals surface area contributed by atoms with E-state index in [4.69, 9.17) is 26.1 Å². The maximum Gasteiger partial charge on any atom is 0.261 e. The fraction of sp³-hybridized carbons (Fsp3) is 0.333. The number of hydrogen-bond donors (Lipinski definition) is 1. The number of halogens is 1. The largest absolute Gasteiger partial charge is 0.496 e. The first-order valence-electron chi connectivity index (χ1n) is 8.33. The molecule has 0 aliphatic carbocycles. The third-order valence-electron chi connectivity index (χ3n) is 4.54. The van der Waals surface area contributed by atoms with Crippen LogP contribution in [0.4, 0.5) is 5.69 Å². The Kier molecular flexibility index (Phi) is 4.84. The van der Waals surface area contributed by atoms with Crippen LogP contribution < -0.4 is 10.1 Å². The summed E-state index contributed by atoms with van der Waals surface area (Å²) in [7, 11) is 1.54. The number of aromatic nitrogens is 2. The molecule has 1 saturated heterocycles. The molecule has 0 radical (unpaired) electrons. The van der Waals surface area contributed by atoms with Gasteiger partial charge in [0.1, 0.15) is 11.4 Å². The minimum absolute atomic E-state index is 0.273. The number of carbonyl (C=O) groups excluding carboxylic acids is 1. The third-order valence-corrected chi connectivity index (χ3v) is 5.73. The SMILES string of the molecule is COc1cc2nc(C3CCOCC3)cn2cc1C(=O)Nc1cscc1Cl. The monoisotopic (exact) mass is 391 g/mol. The zero-order valence-electron chi connectivity index (χ0n) is 14.2. The number of pyridine rings is 1. The van der Waals surface area contributed by atoms with Crippen molar-refractivity contribution in [2.24, 2.45) is 0 Å². The first-order valence-corrected chi connectivity index (χ1v) is 9.65. The molecule has 0 unspecified atom stereocenters. The molecule has 6 nitrogen and oxygen atoms in total. The average Bonchev–Trinajstić information content (AvgIpc) is 3.27. The van der Waals surface area contributed by atoms with Crippen LogP contribution in [0, 0.1) is 0 Å². The molecule has 136 valence electrons. The minimum atomic E-state index is -0.273. The molecule has 4 rings (SSSR count). The fourth-order valence-electron chi connectivity index (χ4n) is 3.13. The Balaban J connectivity index is 1.67. The van der Waals surface area contributed by atoms with Gasteiger partial charge in [0.05, 0.1) is 29.1 Å². The number of rotatable bonds is 4. The molecule has 0 atom stereocenters. The molecule has 1 N–H and O–H groups in total. The van der Waals surface area contributed by atoms with Crippen LogP contribution in [0.15, 0.2) is 29.2 Å². The molecular formula is C18H18ClN3O3S. The highest BCUT2D eigenvalue weighted by Gasteiger charge is 2.21. The van der Waals surface area contributed by atoms with Crippen LogP contribution in [0.25, 0.3) is 5.65 Å². The molecule has 4 heterocycles. The third kappa shape index (κ3) is 3.30. The van der Waals surface area contributed by atoms with Gasteiger partial charge in [-0.15, -0.1) is 11.3 Å². The maximum absolute atomic E-state index is 12.7. The van der Waals surface area contributed by atoms with Crippen molar-refractivity contribution in [1.82, 2.24) is 9.38 Å². The number of ether oxygens (including phenoxy) is 2. The second-order valence-corrected chi connectivity index (χ2v) is 7.31. The van der Waals surface area contributed by atoms with Crippen molar-refractivity contribution >= 4 is 40.2 Å². The van der Waals surface area contributed by atoms with E-state index in [2.05, 4.69) is 5.32 Å². The fourth-order valence-corrected chi connectivity index (χ4v) is 4.08. The van der Waals surface area contributed by atoms with E-state index in [1.165, 1.54) is 11.3 Å². The quantitative estimate of drug-likeness (QED) is 0.723. The van der Waals surface area contributed by atoms with E-state index in [1.54, 1.807) is 30.1 Å². The van der Waals surface area contributed by atoms with Crippen LogP contribution in [0.5, 0.6) is 5.75 Å². The Morgan fingerprint density at radius 1 is 1.38 bits per heavy atom. The summed E-state index contributed by atoms with van der Waals surface area (Å²) < 4.78 is 12.7. The predicted molar refractivity (Wildman–Crippen MR) is 102 cm³/mol. The van der Waals surface area contributed by atoms with E-state index in [1.807, 2.05) is 10.6 Å². The van der Waals surface area contributed by atoms with Gasteiger partial charge in [0.2, 0.25) is 0 Å². The topological polar surface area (TPSA) is 64.9 Å². The Hall–Kier alpha value is -2.09. The molecule has 0 aromatic carbocycles. The summed E-state index contributed by atoms with van der Waals surface area (Å²) in [5.41, 5.74) is 2.80. The first-order chi connectivity index (χ1) is 12.7. The van der Waals surface area contributed by atoms with Crippen molar-refractivity contribution in [3.05, 3.63) is 45.5 Å². The van der Waals surface area contributed by atoms with Gasteiger partial charge in [0.15, 0.2) is 0 Å². The van der Waals surface area contributed by atoms with Gasteiger partial charge in [-0.2, -0.15) is 0 Å². The van der Waals surface area contributed by atoms with Crippen molar-refractivity contribution in [3.8, 4) is 5.75 Å². The van der Waals surface area contributed by atoms with Gasteiger partial charge >= 0.3 is 0 Å². The van der Waals surface area contributed by atoms with Crippen LogP contribution in [-0.2, 0) is 4.74 Å². The lowest BCUT2D eigenvalue weighted by atomic mass is 9.97.